The summed E-state index contributed by atoms with van der Waals surface area (Å²) in [5.74, 6) is 0.572. The predicted octanol–water partition coefficient (Wildman–Crippen LogP) is 2.95. The van der Waals surface area contributed by atoms with Crippen LogP contribution in [-0.4, -0.2) is 11.0 Å². The van der Waals surface area contributed by atoms with E-state index in [9.17, 15) is 9.90 Å². The number of aryl methyl sites for hydroxylation is 1. The van der Waals surface area contributed by atoms with E-state index in [4.69, 9.17) is 4.42 Å². The Morgan fingerprint density at radius 2 is 2.22 bits per heavy atom. The Kier molecular flexibility index (Phi) is 3.48. The summed E-state index contributed by atoms with van der Waals surface area (Å²) in [4.78, 5) is 11.6. The van der Waals surface area contributed by atoms with E-state index in [1.54, 1.807) is 49.6 Å². The standard InChI is InChI=1S/C14H13NO3/c1-10-9-11(4-6-13(10)16)15-14(17)7-5-12-3-2-8-18-12/h2-9,16H,1H3,(H,15,17)/b7-5+. The van der Waals surface area contributed by atoms with Crippen LogP contribution >= 0.6 is 0 Å². The van der Waals surface area contributed by atoms with E-state index in [2.05, 4.69) is 5.32 Å². The minimum absolute atomic E-state index is 0.208. The molecular formula is C14H13NO3. The van der Waals surface area contributed by atoms with Crippen LogP contribution in [0.25, 0.3) is 6.08 Å². The lowest BCUT2D eigenvalue weighted by atomic mass is 10.2. The summed E-state index contributed by atoms with van der Waals surface area (Å²) in [5.41, 5.74) is 1.35. The van der Waals surface area contributed by atoms with Gasteiger partial charge in [-0.25, -0.2) is 0 Å². The maximum atomic E-state index is 11.6. The second kappa shape index (κ2) is 5.23. The molecule has 4 heteroatoms. The van der Waals surface area contributed by atoms with Crippen LogP contribution in [0.2, 0.25) is 0 Å². The third kappa shape index (κ3) is 3.01. The van der Waals surface area contributed by atoms with Gasteiger partial charge in [-0.2, -0.15) is 0 Å². The summed E-state index contributed by atoms with van der Waals surface area (Å²) in [7, 11) is 0. The van der Waals surface area contributed by atoms with E-state index in [1.807, 2.05) is 0 Å². The van der Waals surface area contributed by atoms with Crippen LogP contribution < -0.4 is 5.32 Å². The molecule has 0 saturated carbocycles. The summed E-state index contributed by atoms with van der Waals surface area (Å²) >= 11 is 0. The maximum absolute atomic E-state index is 11.6. The van der Waals surface area contributed by atoms with Crippen molar-refractivity contribution >= 4 is 17.7 Å². The largest absolute Gasteiger partial charge is 0.508 e. The fraction of sp³-hybridized carbons (Fsp3) is 0.0714. The lowest BCUT2D eigenvalue weighted by molar-refractivity contribution is -0.111. The molecule has 0 radical (unpaired) electrons. The van der Waals surface area contributed by atoms with Gasteiger partial charge in [0.2, 0.25) is 5.91 Å². The molecule has 2 rings (SSSR count). The summed E-state index contributed by atoms with van der Waals surface area (Å²) in [6.07, 6.45) is 4.52. The topological polar surface area (TPSA) is 62.5 Å². The first-order valence-electron chi connectivity index (χ1n) is 5.47. The van der Waals surface area contributed by atoms with Crippen LogP contribution in [0.3, 0.4) is 0 Å². The Balaban J connectivity index is 2.01. The lowest BCUT2D eigenvalue weighted by Gasteiger charge is -2.04. The molecule has 1 aromatic carbocycles. The number of phenols is 1. The van der Waals surface area contributed by atoms with E-state index >= 15 is 0 Å². The second-order valence-corrected chi connectivity index (χ2v) is 3.84. The van der Waals surface area contributed by atoms with Crippen molar-refractivity contribution in [1.29, 1.82) is 0 Å². The van der Waals surface area contributed by atoms with Crippen molar-refractivity contribution < 1.29 is 14.3 Å². The quantitative estimate of drug-likeness (QED) is 0.643. The van der Waals surface area contributed by atoms with Gasteiger partial charge in [-0.3, -0.25) is 4.79 Å². The third-order valence-corrected chi connectivity index (χ3v) is 2.41. The van der Waals surface area contributed by atoms with Crippen molar-refractivity contribution in [3.63, 3.8) is 0 Å². The highest BCUT2D eigenvalue weighted by Gasteiger charge is 2.01. The molecule has 0 aliphatic carbocycles. The zero-order valence-electron chi connectivity index (χ0n) is 9.88. The number of phenolic OH excluding ortho intramolecular Hbond substituents is 1. The molecule has 2 N–H and O–H groups in total. The number of furan rings is 1. The van der Waals surface area contributed by atoms with Gasteiger partial charge in [-0.1, -0.05) is 0 Å². The first-order chi connectivity index (χ1) is 8.65. The number of rotatable bonds is 3. The summed E-state index contributed by atoms with van der Waals surface area (Å²) in [6.45, 7) is 1.77. The van der Waals surface area contributed by atoms with Gasteiger partial charge in [-0.05, 0) is 48.9 Å². The highest BCUT2D eigenvalue weighted by molar-refractivity contribution is 6.01. The zero-order chi connectivity index (χ0) is 13.0. The minimum atomic E-state index is -0.253. The summed E-state index contributed by atoms with van der Waals surface area (Å²) < 4.78 is 5.07. The highest BCUT2D eigenvalue weighted by atomic mass is 16.3. The van der Waals surface area contributed by atoms with E-state index in [1.165, 1.54) is 6.08 Å². The summed E-state index contributed by atoms with van der Waals surface area (Å²) in [6, 6.07) is 8.39. The Morgan fingerprint density at radius 1 is 1.39 bits per heavy atom. The molecule has 1 aromatic heterocycles. The van der Waals surface area contributed by atoms with E-state index in [-0.39, 0.29) is 11.7 Å². The third-order valence-electron chi connectivity index (χ3n) is 2.41. The molecule has 4 nitrogen and oxygen atoms in total. The Labute approximate surface area is 105 Å². The number of nitrogens with one attached hydrogen (secondary N) is 1. The van der Waals surface area contributed by atoms with Gasteiger partial charge >= 0.3 is 0 Å². The molecule has 1 heterocycles. The summed E-state index contributed by atoms with van der Waals surface area (Å²) in [5, 5.41) is 12.1. The van der Waals surface area contributed by atoms with Gasteiger partial charge in [0.05, 0.1) is 6.26 Å². The molecule has 0 bridgehead atoms. The molecule has 0 fully saturated rings. The number of carbonyl (C=O) groups excluding carboxylic acids is 1. The van der Waals surface area contributed by atoms with Crippen LogP contribution in [0.5, 0.6) is 5.75 Å². The lowest BCUT2D eigenvalue weighted by Crippen LogP contribution is -2.07. The van der Waals surface area contributed by atoms with Crippen LogP contribution in [0.1, 0.15) is 11.3 Å². The molecule has 18 heavy (non-hydrogen) atoms. The Bertz CT molecular complexity index is 571. The number of hydrogen-bond donors (Lipinski definition) is 2. The molecular weight excluding hydrogens is 230 g/mol. The predicted molar refractivity (Wildman–Crippen MR) is 69.2 cm³/mol. The van der Waals surface area contributed by atoms with Crippen LogP contribution in [0, 0.1) is 6.92 Å². The molecule has 0 saturated heterocycles. The fourth-order valence-corrected chi connectivity index (χ4v) is 1.46. The fourth-order valence-electron chi connectivity index (χ4n) is 1.46. The normalized spacial score (nSPS) is 10.7. The van der Waals surface area contributed by atoms with Crippen LogP contribution in [0.4, 0.5) is 5.69 Å². The number of amides is 1. The molecule has 0 unspecified atom stereocenters. The maximum Gasteiger partial charge on any atom is 0.248 e. The first kappa shape index (κ1) is 12.0. The van der Waals surface area contributed by atoms with Crippen molar-refractivity contribution in [2.24, 2.45) is 0 Å². The second-order valence-electron chi connectivity index (χ2n) is 3.84. The number of carbonyl (C=O) groups is 1. The van der Waals surface area contributed by atoms with E-state index in [0.717, 1.165) is 0 Å². The number of aromatic hydroxyl groups is 1. The molecule has 0 aliphatic rings. The Morgan fingerprint density at radius 3 is 2.89 bits per heavy atom. The van der Waals surface area contributed by atoms with Gasteiger partial charge in [-0.15, -0.1) is 0 Å². The van der Waals surface area contributed by atoms with Crippen molar-refractivity contribution in [3.8, 4) is 5.75 Å². The smallest absolute Gasteiger partial charge is 0.248 e. The van der Waals surface area contributed by atoms with Crippen molar-refractivity contribution in [1.82, 2.24) is 0 Å². The first-order valence-corrected chi connectivity index (χ1v) is 5.47. The van der Waals surface area contributed by atoms with E-state index < -0.39 is 0 Å². The van der Waals surface area contributed by atoms with Crippen molar-refractivity contribution in [2.45, 2.75) is 6.92 Å². The molecule has 0 spiro atoms. The monoisotopic (exact) mass is 243 g/mol. The molecule has 1 amide bonds. The van der Waals surface area contributed by atoms with Crippen molar-refractivity contribution in [3.05, 3.63) is 54.0 Å². The van der Waals surface area contributed by atoms with E-state index in [0.29, 0.717) is 17.0 Å². The van der Waals surface area contributed by atoms with Gasteiger partial charge in [0.1, 0.15) is 11.5 Å². The van der Waals surface area contributed by atoms with Gasteiger partial charge in [0.15, 0.2) is 0 Å². The van der Waals surface area contributed by atoms with Gasteiger partial charge in [0, 0.05) is 11.8 Å². The Hall–Kier alpha value is -2.49. The average molecular weight is 243 g/mol. The molecule has 2 aromatic rings. The molecule has 92 valence electrons. The van der Waals surface area contributed by atoms with Crippen molar-refractivity contribution in [2.75, 3.05) is 5.32 Å². The zero-order valence-corrected chi connectivity index (χ0v) is 9.88. The highest BCUT2D eigenvalue weighted by Crippen LogP contribution is 2.20. The number of hydrogen-bond acceptors (Lipinski definition) is 3. The van der Waals surface area contributed by atoms with Gasteiger partial charge in [0.25, 0.3) is 0 Å². The van der Waals surface area contributed by atoms with Crippen LogP contribution in [-0.2, 0) is 4.79 Å². The SMILES string of the molecule is Cc1cc(NC(=O)/C=C/c2ccco2)ccc1O. The average Bonchev–Trinajstić information content (AvgIpc) is 2.84. The minimum Gasteiger partial charge on any atom is -0.508 e. The number of anilines is 1. The number of benzene rings is 1. The molecule has 0 atom stereocenters. The molecule has 0 aliphatic heterocycles. The van der Waals surface area contributed by atoms with Crippen LogP contribution in [0.15, 0.2) is 47.1 Å². The van der Waals surface area contributed by atoms with Gasteiger partial charge < -0.3 is 14.8 Å².